The molecule has 0 bridgehead atoms. The molecule has 0 radical (unpaired) electrons. The van der Waals surface area contributed by atoms with Crippen LogP contribution in [0.25, 0.3) is 0 Å². The number of carbonyl (C=O) groups is 1. The molecule has 20 heavy (non-hydrogen) atoms. The van der Waals surface area contributed by atoms with Crippen LogP contribution in [0.5, 0.6) is 0 Å². The maximum atomic E-state index is 12.2. The molecule has 0 aliphatic heterocycles. The summed E-state index contributed by atoms with van der Waals surface area (Å²) >= 11 is 7.36. The summed E-state index contributed by atoms with van der Waals surface area (Å²) in [5.41, 5.74) is 7.62. The van der Waals surface area contributed by atoms with E-state index < -0.39 is 0 Å². The molecule has 102 valence electrons. The third-order valence-corrected chi connectivity index (χ3v) is 3.87. The third kappa shape index (κ3) is 3.40. The predicted molar refractivity (Wildman–Crippen MR) is 84.4 cm³/mol. The van der Waals surface area contributed by atoms with Gasteiger partial charge in [-0.05, 0) is 42.1 Å². The van der Waals surface area contributed by atoms with E-state index in [1.807, 2.05) is 18.4 Å². The Balaban J connectivity index is 2.29. The second kappa shape index (κ2) is 6.58. The van der Waals surface area contributed by atoms with Gasteiger partial charge in [-0.3, -0.25) is 4.79 Å². The highest BCUT2D eigenvalue weighted by Crippen LogP contribution is 2.22. The van der Waals surface area contributed by atoms with Gasteiger partial charge in [0, 0.05) is 10.6 Å². The zero-order chi connectivity index (χ0) is 14.5. The van der Waals surface area contributed by atoms with E-state index >= 15 is 0 Å². The summed E-state index contributed by atoms with van der Waals surface area (Å²) in [7, 11) is 0. The van der Waals surface area contributed by atoms with Crippen LogP contribution in [0.3, 0.4) is 0 Å². The molecule has 3 nitrogen and oxygen atoms in total. The van der Waals surface area contributed by atoms with Crippen LogP contribution in [0.4, 0.5) is 5.69 Å². The van der Waals surface area contributed by atoms with Gasteiger partial charge in [0.25, 0.3) is 5.91 Å². The van der Waals surface area contributed by atoms with Crippen LogP contribution in [0.15, 0.2) is 29.6 Å². The van der Waals surface area contributed by atoms with E-state index in [1.54, 1.807) is 18.2 Å². The number of amides is 1. The summed E-state index contributed by atoms with van der Waals surface area (Å²) in [6.07, 6.45) is 0. The van der Waals surface area contributed by atoms with E-state index in [0.29, 0.717) is 21.2 Å². The number of anilines is 1. The predicted octanol–water partition coefficient (Wildman–Crippen LogP) is 3.27. The average molecular weight is 305 g/mol. The normalized spacial score (nSPS) is 9.75. The van der Waals surface area contributed by atoms with Gasteiger partial charge in [0.05, 0.1) is 17.1 Å². The fourth-order valence-electron chi connectivity index (χ4n) is 1.66. The van der Waals surface area contributed by atoms with Crippen molar-refractivity contribution >= 4 is 34.5 Å². The molecule has 2 aromatic rings. The van der Waals surface area contributed by atoms with Crippen molar-refractivity contribution in [3.05, 3.63) is 50.7 Å². The number of carbonyl (C=O) groups excluding carboxylic acids is 1. The lowest BCUT2D eigenvalue weighted by molar-refractivity contribution is 0.103. The summed E-state index contributed by atoms with van der Waals surface area (Å²) in [6.45, 7) is 2.16. The van der Waals surface area contributed by atoms with Crippen LogP contribution < -0.4 is 11.1 Å². The SMILES string of the molecule is Cc1ccsc1C(=O)Nc1ccc(Cl)cc1C#CCN. The van der Waals surface area contributed by atoms with Gasteiger partial charge >= 0.3 is 0 Å². The Hall–Kier alpha value is -1.80. The number of aryl methyl sites for hydroxylation is 1. The Morgan fingerprint density at radius 2 is 2.25 bits per heavy atom. The number of hydrogen-bond acceptors (Lipinski definition) is 3. The standard InChI is InChI=1S/C15H13ClN2OS/c1-10-6-8-20-14(10)15(19)18-13-5-4-12(16)9-11(13)3-2-7-17/h4-6,8-9H,7,17H2,1H3,(H,18,19). The van der Waals surface area contributed by atoms with Crippen LogP contribution >= 0.6 is 22.9 Å². The first-order valence-electron chi connectivity index (χ1n) is 5.95. The minimum atomic E-state index is -0.143. The number of rotatable bonds is 2. The molecule has 0 aliphatic rings. The molecule has 0 saturated carbocycles. The van der Waals surface area contributed by atoms with Crippen molar-refractivity contribution < 1.29 is 4.79 Å². The molecule has 1 aromatic carbocycles. The molecule has 3 N–H and O–H groups in total. The fraction of sp³-hybridized carbons (Fsp3) is 0.133. The van der Waals surface area contributed by atoms with Crippen LogP contribution in [0.1, 0.15) is 20.8 Å². The van der Waals surface area contributed by atoms with Gasteiger partial charge < -0.3 is 11.1 Å². The van der Waals surface area contributed by atoms with Gasteiger partial charge in [0.15, 0.2) is 0 Å². The molecule has 1 amide bonds. The van der Waals surface area contributed by atoms with Crippen molar-refractivity contribution in [2.24, 2.45) is 5.73 Å². The van der Waals surface area contributed by atoms with Crippen molar-refractivity contribution in [2.75, 3.05) is 11.9 Å². The third-order valence-electron chi connectivity index (χ3n) is 2.62. The van der Waals surface area contributed by atoms with Gasteiger partial charge in [-0.2, -0.15) is 0 Å². The number of hydrogen-bond donors (Lipinski definition) is 2. The van der Waals surface area contributed by atoms with Crippen LogP contribution in [0.2, 0.25) is 5.02 Å². The minimum absolute atomic E-state index is 0.143. The molecule has 0 atom stereocenters. The Labute approximate surface area is 126 Å². The van der Waals surface area contributed by atoms with Crippen LogP contribution in [-0.4, -0.2) is 12.5 Å². The topological polar surface area (TPSA) is 55.1 Å². The lowest BCUT2D eigenvalue weighted by Crippen LogP contribution is -2.12. The first-order chi connectivity index (χ1) is 9.61. The van der Waals surface area contributed by atoms with Gasteiger partial charge in [-0.15, -0.1) is 11.3 Å². The molecule has 1 heterocycles. The second-order valence-corrected chi connectivity index (χ2v) is 5.44. The number of benzene rings is 1. The highest BCUT2D eigenvalue weighted by Gasteiger charge is 2.12. The number of nitrogens with one attached hydrogen (secondary N) is 1. The number of thiophene rings is 1. The zero-order valence-electron chi connectivity index (χ0n) is 10.9. The molecule has 2 rings (SSSR count). The Morgan fingerprint density at radius 3 is 2.90 bits per heavy atom. The van der Waals surface area contributed by atoms with Crippen molar-refractivity contribution in [1.82, 2.24) is 0 Å². The molecule has 5 heteroatoms. The summed E-state index contributed by atoms with van der Waals surface area (Å²) < 4.78 is 0. The zero-order valence-corrected chi connectivity index (χ0v) is 12.4. The molecular weight excluding hydrogens is 292 g/mol. The Bertz CT molecular complexity index is 697. The lowest BCUT2D eigenvalue weighted by atomic mass is 10.1. The van der Waals surface area contributed by atoms with E-state index in [1.165, 1.54) is 11.3 Å². The van der Waals surface area contributed by atoms with Gasteiger partial charge in [-0.1, -0.05) is 23.4 Å². The van der Waals surface area contributed by atoms with Gasteiger partial charge in [0.1, 0.15) is 0 Å². The molecular formula is C15H13ClN2OS. The summed E-state index contributed by atoms with van der Waals surface area (Å²) in [5, 5.41) is 5.32. The van der Waals surface area contributed by atoms with Crippen LogP contribution in [0, 0.1) is 18.8 Å². The van der Waals surface area contributed by atoms with Crippen molar-refractivity contribution in [2.45, 2.75) is 6.92 Å². The van der Waals surface area contributed by atoms with E-state index in [-0.39, 0.29) is 12.5 Å². The van der Waals surface area contributed by atoms with Gasteiger partial charge in [-0.25, -0.2) is 0 Å². The summed E-state index contributed by atoms with van der Waals surface area (Å²) in [4.78, 5) is 12.9. The molecule has 0 aliphatic carbocycles. The molecule has 0 spiro atoms. The second-order valence-electron chi connectivity index (χ2n) is 4.08. The first kappa shape index (κ1) is 14.6. The van der Waals surface area contributed by atoms with Crippen molar-refractivity contribution in [3.63, 3.8) is 0 Å². The molecule has 0 unspecified atom stereocenters. The summed E-state index contributed by atoms with van der Waals surface area (Å²) in [5.74, 6) is 5.53. The van der Waals surface area contributed by atoms with Crippen molar-refractivity contribution in [1.29, 1.82) is 0 Å². The molecule has 0 saturated heterocycles. The highest BCUT2D eigenvalue weighted by molar-refractivity contribution is 7.12. The Kier molecular flexibility index (Phi) is 4.80. The van der Waals surface area contributed by atoms with Crippen LogP contribution in [-0.2, 0) is 0 Å². The smallest absolute Gasteiger partial charge is 0.266 e. The molecule has 1 aromatic heterocycles. The monoisotopic (exact) mass is 304 g/mol. The number of halogens is 1. The van der Waals surface area contributed by atoms with Gasteiger partial charge in [0.2, 0.25) is 0 Å². The largest absolute Gasteiger partial charge is 0.320 e. The highest BCUT2D eigenvalue weighted by atomic mass is 35.5. The van der Waals surface area contributed by atoms with E-state index in [0.717, 1.165) is 5.56 Å². The maximum Gasteiger partial charge on any atom is 0.266 e. The fourth-order valence-corrected chi connectivity index (χ4v) is 2.65. The average Bonchev–Trinajstić information content (AvgIpc) is 2.85. The lowest BCUT2D eigenvalue weighted by Gasteiger charge is -2.07. The van der Waals surface area contributed by atoms with E-state index in [9.17, 15) is 4.79 Å². The maximum absolute atomic E-state index is 12.2. The Morgan fingerprint density at radius 1 is 1.45 bits per heavy atom. The number of nitrogens with two attached hydrogens (primary N) is 1. The van der Waals surface area contributed by atoms with E-state index in [2.05, 4.69) is 17.2 Å². The summed E-state index contributed by atoms with van der Waals surface area (Å²) in [6, 6.07) is 7.08. The van der Waals surface area contributed by atoms with Crippen molar-refractivity contribution in [3.8, 4) is 11.8 Å². The molecule has 0 fully saturated rings. The minimum Gasteiger partial charge on any atom is -0.320 e. The quantitative estimate of drug-likeness (QED) is 0.837. The first-order valence-corrected chi connectivity index (χ1v) is 7.21. The van der Waals surface area contributed by atoms with E-state index in [4.69, 9.17) is 17.3 Å².